The average Bonchev–Trinajstić information content (AvgIpc) is 2.32. The largest absolute Gasteiger partial charge is 0.481 e. The van der Waals surface area contributed by atoms with Crippen LogP contribution in [0.25, 0.3) is 0 Å². The predicted molar refractivity (Wildman–Crippen MR) is 83.2 cm³/mol. The monoisotopic (exact) mass is 357 g/mol. The fourth-order valence-electron chi connectivity index (χ4n) is 1.72. The summed E-state index contributed by atoms with van der Waals surface area (Å²) in [6, 6.07) is 7.44. The Morgan fingerprint density at radius 3 is 2.57 bits per heavy atom. The van der Waals surface area contributed by atoms with E-state index in [1.807, 2.05) is 24.3 Å². The SMILES string of the molecule is CC(C)(C)OC(=O)NC[C@H](Cc1cccc(Br)c1)C(=O)O. The summed E-state index contributed by atoms with van der Waals surface area (Å²) in [6.45, 7) is 5.28. The first-order chi connectivity index (χ1) is 9.67. The third-order valence-electron chi connectivity index (χ3n) is 2.61. The van der Waals surface area contributed by atoms with E-state index in [1.54, 1.807) is 20.8 Å². The van der Waals surface area contributed by atoms with Crippen molar-refractivity contribution in [2.24, 2.45) is 5.92 Å². The molecule has 0 fully saturated rings. The van der Waals surface area contributed by atoms with E-state index in [2.05, 4.69) is 21.2 Å². The van der Waals surface area contributed by atoms with Gasteiger partial charge in [-0.1, -0.05) is 28.1 Å². The van der Waals surface area contributed by atoms with Gasteiger partial charge in [0.15, 0.2) is 0 Å². The van der Waals surface area contributed by atoms with Gasteiger partial charge in [0, 0.05) is 11.0 Å². The fourth-order valence-corrected chi connectivity index (χ4v) is 2.16. The maximum Gasteiger partial charge on any atom is 0.407 e. The van der Waals surface area contributed by atoms with Crippen LogP contribution in [0.4, 0.5) is 4.79 Å². The van der Waals surface area contributed by atoms with Crippen LogP contribution in [0.5, 0.6) is 0 Å². The maximum atomic E-state index is 11.6. The molecule has 0 radical (unpaired) electrons. The molecule has 1 aromatic carbocycles. The van der Waals surface area contributed by atoms with Crippen LogP contribution in [0, 0.1) is 5.92 Å². The number of carboxylic acid groups (broad SMARTS) is 1. The predicted octanol–water partition coefficient (Wildman–Crippen LogP) is 3.22. The van der Waals surface area contributed by atoms with E-state index in [9.17, 15) is 14.7 Å². The number of nitrogens with one attached hydrogen (secondary N) is 1. The number of hydrogen-bond donors (Lipinski definition) is 2. The summed E-state index contributed by atoms with van der Waals surface area (Å²) in [4.78, 5) is 22.8. The van der Waals surface area contributed by atoms with Crippen molar-refractivity contribution in [3.63, 3.8) is 0 Å². The van der Waals surface area contributed by atoms with Crippen LogP contribution in [-0.4, -0.2) is 29.3 Å². The Kier molecular flexibility index (Phi) is 6.20. The molecule has 0 spiro atoms. The molecule has 0 aliphatic rings. The summed E-state index contributed by atoms with van der Waals surface area (Å²) in [7, 11) is 0. The van der Waals surface area contributed by atoms with E-state index in [4.69, 9.17) is 4.74 Å². The lowest BCUT2D eigenvalue weighted by Gasteiger charge is -2.21. The molecule has 0 aliphatic carbocycles. The highest BCUT2D eigenvalue weighted by Crippen LogP contribution is 2.15. The summed E-state index contributed by atoms with van der Waals surface area (Å²) in [5.74, 6) is -1.65. The molecule has 5 nitrogen and oxygen atoms in total. The minimum absolute atomic E-state index is 0.0246. The van der Waals surface area contributed by atoms with Gasteiger partial charge in [0.2, 0.25) is 0 Å². The minimum Gasteiger partial charge on any atom is -0.481 e. The van der Waals surface area contributed by atoms with E-state index >= 15 is 0 Å². The molecule has 1 atom stereocenters. The molecule has 0 bridgehead atoms. The summed E-state index contributed by atoms with van der Waals surface area (Å²) in [6.07, 6.45) is -0.270. The first kappa shape index (κ1) is 17.5. The Bertz CT molecular complexity index is 511. The van der Waals surface area contributed by atoms with Gasteiger partial charge < -0.3 is 15.2 Å². The molecular formula is C15H20BrNO4. The number of ether oxygens (including phenoxy) is 1. The van der Waals surface area contributed by atoms with Crippen LogP contribution in [0.15, 0.2) is 28.7 Å². The highest BCUT2D eigenvalue weighted by atomic mass is 79.9. The fraction of sp³-hybridized carbons (Fsp3) is 0.467. The number of carboxylic acids is 1. The Morgan fingerprint density at radius 1 is 1.38 bits per heavy atom. The van der Waals surface area contributed by atoms with Crippen molar-refractivity contribution in [3.05, 3.63) is 34.3 Å². The summed E-state index contributed by atoms with van der Waals surface area (Å²) >= 11 is 3.35. The number of hydrogen-bond acceptors (Lipinski definition) is 3. The number of alkyl carbamates (subject to hydrolysis) is 1. The van der Waals surface area contributed by atoms with Gasteiger partial charge in [0.1, 0.15) is 5.60 Å². The zero-order chi connectivity index (χ0) is 16.0. The van der Waals surface area contributed by atoms with Crippen LogP contribution in [0.2, 0.25) is 0 Å². The second-order valence-corrected chi connectivity index (χ2v) is 6.67. The van der Waals surface area contributed by atoms with Crippen LogP contribution in [0.3, 0.4) is 0 Å². The van der Waals surface area contributed by atoms with Gasteiger partial charge in [-0.3, -0.25) is 4.79 Å². The average molecular weight is 358 g/mol. The topological polar surface area (TPSA) is 75.6 Å². The smallest absolute Gasteiger partial charge is 0.407 e. The Morgan fingerprint density at radius 2 is 2.05 bits per heavy atom. The van der Waals surface area contributed by atoms with Gasteiger partial charge in [0.05, 0.1) is 5.92 Å². The molecule has 0 aromatic heterocycles. The number of rotatable bonds is 5. The molecule has 0 unspecified atom stereocenters. The zero-order valence-electron chi connectivity index (χ0n) is 12.4. The number of carbonyl (C=O) groups is 2. The summed E-state index contributed by atoms with van der Waals surface area (Å²) in [5.41, 5.74) is 0.287. The van der Waals surface area contributed by atoms with Crippen molar-refractivity contribution in [2.75, 3.05) is 6.54 Å². The minimum atomic E-state index is -0.953. The molecule has 0 heterocycles. The van der Waals surface area contributed by atoms with Crippen molar-refractivity contribution in [1.29, 1.82) is 0 Å². The Balaban J connectivity index is 2.59. The Labute approximate surface area is 132 Å². The standard InChI is InChI=1S/C15H20BrNO4/c1-15(2,3)21-14(20)17-9-11(13(18)19)7-10-5-4-6-12(16)8-10/h4-6,8,11H,7,9H2,1-3H3,(H,17,20)(H,18,19)/t11-/m0/s1. The van der Waals surface area contributed by atoms with Gasteiger partial charge in [-0.15, -0.1) is 0 Å². The lowest BCUT2D eigenvalue weighted by atomic mass is 9.99. The molecule has 2 N–H and O–H groups in total. The molecule has 116 valence electrons. The van der Waals surface area contributed by atoms with Crippen molar-refractivity contribution in [3.8, 4) is 0 Å². The van der Waals surface area contributed by atoms with E-state index in [-0.39, 0.29) is 6.54 Å². The van der Waals surface area contributed by atoms with E-state index in [0.29, 0.717) is 6.42 Å². The third-order valence-corrected chi connectivity index (χ3v) is 3.11. The van der Waals surface area contributed by atoms with E-state index in [1.165, 1.54) is 0 Å². The van der Waals surface area contributed by atoms with Gasteiger partial charge in [0.25, 0.3) is 0 Å². The molecule has 1 aromatic rings. The van der Waals surface area contributed by atoms with Gasteiger partial charge in [-0.2, -0.15) is 0 Å². The molecule has 1 amide bonds. The maximum absolute atomic E-state index is 11.6. The molecule has 6 heteroatoms. The lowest BCUT2D eigenvalue weighted by Crippen LogP contribution is -2.37. The molecule has 1 rings (SSSR count). The number of carbonyl (C=O) groups excluding carboxylic acids is 1. The highest BCUT2D eigenvalue weighted by Gasteiger charge is 2.21. The summed E-state index contributed by atoms with van der Waals surface area (Å²) in [5, 5.41) is 11.7. The highest BCUT2D eigenvalue weighted by molar-refractivity contribution is 9.10. The quantitative estimate of drug-likeness (QED) is 0.848. The number of halogens is 1. The number of aliphatic carboxylic acids is 1. The van der Waals surface area contributed by atoms with Crippen molar-refractivity contribution < 1.29 is 19.4 Å². The zero-order valence-corrected chi connectivity index (χ0v) is 13.9. The van der Waals surface area contributed by atoms with Crippen LogP contribution in [0.1, 0.15) is 26.3 Å². The van der Waals surface area contributed by atoms with E-state index < -0.39 is 23.6 Å². The second-order valence-electron chi connectivity index (χ2n) is 5.75. The molecule has 0 aliphatic heterocycles. The first-order valence-electron chi connectivity index (χ1n) is 6.61. The van der Waals surface area contributed by atoms with Gasteiger partial charge in [-0.25, -0.2) is 4.79 Å². The van der Waals surface area contributed by atoms with Crippen LogP contribution >= 0.6 is 15.9 Å². The molecule has 0 saturated carbocycles. The lowest BCUT2D eigenvalue weighted by molar-refractivity contribution is -0.141. The second kappa shape index (κ2) is 7.45. The number of amides is 1. The van der Waals surface area contributed by atoms with Gasteiger partial charge in [-0.05, 0) is 44.9 Å². The molecule has 21 heavy (non-hydrogen) atoms. The van der Waals surface area contributed by atoms with Crippen molar-refractivity contribution in [2.45, 2.75) is 32.8 Å². The van der Waals surface area contributed by atoms with Crippen molar-refractivity contribution >= 4 is 28.0 Å². The van der Waals surface area contributed by atoms with Crippen LogP contribution in [-0.2, 0) is 16.0 Å². The third kappa shape index (κ3) is 7.13. The van der Waals surface area contributed by atoms with Gasteiger partial charge >= 0.3 is 12.1 Å². The summed E-state index contributed by atoms with van der Waals surface area (Å²) < 4.78 is 5.98. The normalized spacial score (nSPS) is 12.6. The molecule has 0 saturated heterocycles. The van der Waals surface area contributed by atoms with E-state index in [0.717, 1.165) is 10.0 Å². The first-order valence-corrected chi connectivity index (χ1v) is 7.41. The van der Waals surface area contributed by atoms with Crippen molar-refractivity contribution in [1.82, 2.24) is 5.32 Å². The van der Waals surface area contributed by atoms with Crippen LogP contribution < -0.4 is 5.32 Å². The Hall–Kier alpha value is -1.56. The molecular weight excluding hydrogens is 338 g/mol. The number of benzene rings is 1.